The van der Waals surface area contributed by atoms with Gasteiger partial charge in [-0.3, -0.25) is 4.79 Å². The van der Waals surface area contributed by atoms with E-state index < -0.39 is 11.7 Å². The van der Waals surface area contributed by atoms with Crippen LogP contribution in [0.3, 0.4) is 0 Å². The number of rotatable bonds is 4. The molecule has 1 saturated heterocycles. The maximum absolute atomic E-state index is 12.7. The minimum atomic E-state index is -4.36. The number of hydrogen-bond donors (Lipinski definition) is 2. The van der Waals surface area contributed by atoms with Crippen LogP contribution >= 0.6 is 0 Å². The van der Waals surface area contributed by atoms with Crippen molar-refractivity contribution in [1.29, 1.82) is 0 Å². The molecule has 1 fully saturated rings. The van der Waals surface area contributed by atoms with Crippen molar-refractivity contribution in [1.82, 2.24) is 10.6 Å². The van der Waals surface area contributed by atoms with Gasteiger partial charge in [-0.15, -0.1) is 0 Å². The van der Waals surface area contributed by atoms with Crippen LogP contribution in [0.4, 0.5) is 13.2 Å². The summed E-state index contributed by atoms with van der Waals surface area (Å²) < 4.78 is 38.1. The van der Waals surface area contributed by atoms with Crippen LogP contribution < -0.4 is 10.6 Å². The van der Waals surface area contributed by atoms with E-state index in [1.807, 2.05) is 0 Å². The SMILES string of the molecule is CC(CC(=O)NC1CCCNC1)c1cccc(C(F)(F)F)c1. The fraction of sp³-hybridized carbons (Fsp3) is 0.562. The molecule has 0 spiro atoms. The van der Waals surface area contributed by atoms with Crippen LogP contribution in [0.5, 0.6) is 0 Å². The molecule has 0 aliphatic carbocycles. The molecule has 3 nitrogen and oxygen atoms in total. The number of alkyl halides is 3. The molecule has 1 aromatic carbocycles. The highest BCUT2D eigenvalue weighted by molar-refractivity contribution is 5.77. The quantitative estimate of drug-likeness (QED) is 0.897. The largest absolute Gasteiger partial charge is 0.416 e. The lowest BCUT2D eigenvalue weighted by molar-refractivity contribution is -0.137. The third-order valence-corrected chi connectivity index (χ3v) is 3.94. The molecule has 6 heteroatoms. The van der Waals surface area contributed by atoms with Gasteiger partial charge in [0.25, 0.3) is 0 Å². The molecule has 22 heavy (non-hydrogen) atoms. The minimum absolute atomic E-state index is 0.112. The summed E-state index contributed by atoms with van der Waals surface area (Å²) in [6.07, 6.45) is -2.20. The monoisotopic (exact) mass is 314 g/mol. The number of piperidine rings is 1. The van der Waals surface area contributed by atoms with Crippen LogP contribution in [0.25, 0.3) is 0 Å². The van der Waals surface area contributed by atoms with Gasteiger partial charge in [0.1, 0.15) is 0 Å². The minimum Gasteiger partial charge on any atom is -0.352 e. The summed E-state index contributed by atoms with van der Waals surface area (Å²) in [5.41, 5.74) is -0.138. The number of benzene rings is 1. The van der Waals surface area contributed by atoms with Crippen molar-refractivity contribution in [3.8, 4) is 0 Å². The molecule has 1 aliphatic rings. The van der Waals surface area contributed by atoms with E-state index in [0.717, 1.165) is 38.1 Å². The van der Waals surface area contributed by atoms with Crippen molar-refractivity contribution in [3.05, 3.63) is 35.4 Å². The molecular weight excluding hydrogens is 293 g/mol. The number of halogens is 3. The molecule has 122 valence electrons. The zero-order valence-corrected chi connectivity index (χ0v) is 12.5. The molecule has 2 rings (SSSR count). The molecule has 2 atom stereocenters. The van der Waals surface area contributed by atoms with Crippen LogP contribution in [0.1, 0.15) is 43.2 Å². The topological polar surface area (TPSA) is 41.1 Å². The highest BCUT2D eigenvalue weighted by Gasteiger charge is 2.30. The van der Waals surface area contributed by atoms with Crippen LogP contribution in [-0.2, 0) is 11.0 Å². The zero-order valence-electron chi connectivity index (χ0n) is 12.5. The van der Waals surface area contributed by atoms with Crippen molar-refractivity contribution < 1.29 is 18.0 Å². The van der Waals surface area contributed by atoms with Gasteiger partial charge in [0, 0.05) is 19.0 Å². The van der Waals surface area contributed by atoms with E-state index in [-0.39, 0.29) is 24.3 Å². The van der Waals surface area contributed by atoms with Crippen molar-refractivity contribution >= 4 is 5.91 Å². The van der Waals surface area contributed by atoms with Gasteiger partial charge in [-0.25, -0.2) is 0 Å². The lowest BCUT2D eigenvalue weighted by Crippen LogP contribution is -2.45. The average molecular weight is 314 g/mol. The molecule has 1 heterocycles. The lowest BCUT2D eigenvalue weighted by Gasteiger charge is -2.24. The van der Waals surface area contributed by atoms with E-state index in [1.54, 1.807) is 13.0 Å². The maximum Gasteiger partial charge on any atom is 0.416 e. The van der Waals surface area contributed by atoms with E-state index in [0.29, 0.717) is 5.56 Å². The molecule has 0 aromatic heterocycles. The number of hydrogen-bond acceptors (Lipinski definition) is 2. The molecule has 2 unspecified atom stereocenters. The third kappa shape index (κ3) is 4.73. The van der Waals surface area contributed by atoms with Crippen molar-refractivity contribution in [2.75, 3.05) is 13.1 Å². The average Bonchev–Trinajstić information content (AvgIpc) is 2.47. The second-order valence-corrected chi connectivity index (χ2v) is 5.84. The molecule has 1 aromatic rings. The third-order valence-electron chi connectivity index (χ3n) is 3.94. The Morgan fingerprint density at radius 1 is 1.45 bits per heavy atom. The molecule has 0 bridgehead atoms. The first-order valence-corrected chi connectivity index (χ1v) is 7.53. The zero-order chi connectivity index (χ0) is 16.2. The normalized spacial score (nSPS) is 20.5. The number of carbonyl (C=O) groups is 1. The van der Waals surface area contributed by atoms with E-state index >= 15 is 0 Å². The van der Waals surface area contributed by atoms with Gasteiger partial charge in [-0.2, -0.15) is 13.2 Å². The van der Waals surface area contributed by atoms with Gasteiger partial charge in [0.05, 0.1) is 5.56 Å². The Morgan fingerprint density at radius 3 is 2.86 bits per heavy atom. The van der Waals surface area contributed by atoms with Gasteiger partial charge in [-0.05, 0) is 36.9 Å². The van der Waals surface area contributed by atoms with E-state index in [2.05, 4.69) is 10.6 Å². The molecule has 0 radical (unpaired) electrons. The second-order valence-electron chi connectivity index (χ2n) is 5.84. The van der Waals surface area contributed by atoms with Gasteiger partial charge >= 0.3 is 6.18 Å². The molecular formula is C16H21F3N2O. The van der Waals surface area contributed by atoms with Crippen molar-refractivity contribution in [2.45, 2.75) is 44.3 Å². The highest BCUT2D eigenvalue weighted by Crippen LogP contribution is 2.31. The summed E-state index contributed by atoms with van der Waals surface area (Å²) in [7, 11) is 0. The summed E-state index contributed by atoms with van der Waals surface area (Å²) >= 11 is 0. The summed E-state index contributed by atoms with van der Waals surface area (Å²) in [6, 6.07) is 5.31. The standard InChI is InChI=1S/C16H21F3N2O/c1-11(8-15(22)21-14-6-3-7-20-10-14)12-4-2-5-13(9-12)16(17,18)19/h2,4-5,9,11,14,20H,3,6-8,10H2,1H3,(H,21,22). The fourth-order valence-corrected chi connectivity index (χ4v) is 2.68. The molecule has 2 N–H and O–H groups in total. The maximum atomic E-state index is 12.7. The predicted octanol–water partition coefficient (Wildman–Crippen LogP) is 3.07. The molecule has 1 amide bonds. The Labute approximate surface area is 128 Å². The van der Waals surface area contributed by atoms with Gasteiger partial charge in [0.15, 0.2) is 0 Å². The summed E-state index contributed by atoms with van der Waals surface area (Å²) in [4.78, 5) is 12.0. The predicted molar refractivity (Wildman–Crippen MR) is 78.5 cm³/mol. The summed E-state index contributed by atoms with van der Waals surface area (Å²) in [6.45, 7) is 3.49. The van der Waals surface area contributed by atoms with E-state index in [4.69, 9.17) is 0 Å². The van der Waals surface area contributed by atoms with Crippen molar-refractivity contribution in [2.24, 2.45) is 0 Å². The number of carbonyl (C=O) groups excluding carboxylic acids is 1. The van der Waals surface area contributed by atoms with Crippen LogP contribution in [0.15, 0.2) is 24.3 Å². The molecule has 1 aliphatic heterocycles. The van der Waals surface area contributed by atoms with Crippen molar-refractivity contribution in [3.63, 3.8) is 0 Å². The Hall–Kier alpha value is -1.56. The van der Waals surface area contributed by atoms with Gasteiger partial charge in [-0.1, -0.05) is 25.1 Å². The Balaban J connectivity index is 1.93. The van der Waals surface area contributed by atoms with E-state index in [1.165, 1.54) is 6.07 Å². The lowest BCUT2D eigenvalue weighted by atomic mass is 9.95. The number of amides is 1. The van der Waals surface area contributed by atoms with E-state index in [9.17, 15) is 18.0 Å². The summed E-state index contributed by atoms with van der Waals surface area (Å²) in [5.74, 6) is -0.363. The number of nitrogens with one attached hydrogen (secondary N) is 2. The Kier molecular flexibility index (Phi) is 5.45. The first-order valence-electron chi connectivity index (χ1n) is 7.53. The smallest absolute Gasteiger partial charge is 0.352 e. The Bertz CT molecular complexity index is 510. The van der Waals surface area contributed by atoms with Gasteiger partial charge < -0.3 is 10.6 Å². The fourth-order valence-electron chi connectivity index (χ4n) is 2.68. The van der Waals surface area contributed by atoms with Crippen LogP contribution in [-0.4, -0.2) is 25.0 Å². The van der Waals surface area contributed by atoms with Crippen LogP contribution in [0.2, 0.25) is 0 Å². The molecule has 0 saturated carbocycles. The summed E-state index contributed by atoms with van der Waals surface area (Å²) in [5, 5.41) is 6.15. The van der Waals surface area contributed by atoms with Gasteiger partial charge in [0.2, 0.25) is 5.91 Å². The highest BCUT2D eigenvalue weighted by atomic mass is 19.4. The second kappa shape index (κ2) is 7.13. The first-order chi connectivity index (χ1) is 10.4. The first kappa shape index (κ1) is 16.8. The Morgan fingerprint density at radius 2 is 2.23 bits per heavy atom. The van der Waals surface area contributed by atoms with Crippen LogP contribution in [0, 0.1) is 0 Å².